The lowest BCUT2D eigenvalue weighted by atomic mass is 9.61. The second-order valence-electron chi connectivity index (χ2n) is 9.06. The summed E-state index contributed by atoms with van der Waals surface area (Å²) in [5.41, 5.74) is -2.48. The molecule has 1 saturated carbocycles. The Hall–Kier alpha value is -2.69. The molecule has 1 N–H and O–H groups in total. The molecule has 2 aliphatic rings. The first-order chi connectivity index (χ1) is 15.5. The van der Waals surface area contributed by atoms with Crippen molar-refractivity contribution in [3.63, 3.8) is 0 Å². The van der Waals surface area contributed by atoms with Gasteiger partial charge in [0, 0.05) is 25.8 Å². The Kier molecular flexibility index (Phi) is 5.88. The topological polar surface area (TPSA) is 72.3 Å². The average molecular weight is 469 g/mol. The largest absolute Gasteiger partial charge is 0.417 e. The van der Waals surface area contributed by atoms with E-state index in [1.807, 2.05) is 6.92 Å². The molecule has 33 heavy (non-hydrogen) atoms. The number of rotatable bonds is 5. The predicted molar refractivity (Wildman–Crippen MR) is 113 cm³/mol. The fraction of sp³-hybridized carbons (Fsp3) is 0.591. The van der Waals surface area contributed by atoms with Gasteiger partial charge < -0.3 is 15.0 Å². The van der Waals surface area contributed by atoms with Crippen LogP contribution in [0.15, 0.2) is 18.5 Å². The third-order valence-electron chi connectivity index (χ3n) is 6.78. The van der Waals surface area contributed by atoms with Gasteiger partial charge in [-0.2, -0.15) is 18.3 Å². The number of methoxy groups -OCH3 is 1. The van der Waals surface area contributed by atoms with Crippen LogP contribution in [-0.4, -0.2) is 50.5 Å². The van der Waals surface area contributed by atoms with Gasteiger partial charge in [0.25, 0.3) is 0 Å². The van der Waals surface area contributed by atoms with Gasteiger partial charge in [-0.3, -0.25) is 4.68 Å². The number of likely N-dealkylation sites (tertiary alicyclic amines) is 1. The van der Waals surface area contributed by atoms with Crippen molar-refractivity contribution in [3.8, 4) is 11.4 Å². The van der Waals surface area contributed by atoms with E-state index in [0.29, 0.717) is 18.4 Å². The zero-order valence-corrected chi connectivity index (χ0v) is 18.9. The Balaban J connectivity index is 1.68. The molecule has 1 aromatic carbocycles. The van der Waals surface area contributed by atoms with E-state index < -0.39 is 34.7 Å². The van der Waals surface area contributed by atoms with Crippen LogP contribution in [0.5, 0.6) is 0 Å². The van der Waals surface area contributed by atoms with E-state index in [1.165, 1.54) is 18.1 Å². The molecule has 11 heteroatoms. The van der Waals surface area contributed by atoms with E-state index in [4.69, 9.17) is 4.74 Å². The van der Waals surface area contributed by atoms with E-state index in [9.17, 15) is 22.4 Å². The van der Waals surface area contributed by atoms with Crippen molar-refractivity contribution in [3.05, 3.63) is 29.8 Å². The van der Waals surface area contributed by atoms with E-state index in [1.54, 1.807) is 12.0 Å². The number of aromatic nitrogens is 3. The van der Waals surface area contributed by atoms with E-state index >= 15 is 0 Å². The van der Waals surface area contributed by atoms with Gasteiger partial charge in [-0.05, 0) is 43.7 Å². The smallest absolute Gasteiger partial charge is 0.379 e. The molecule has 1 aliphatic carbocycles. The van der Waals surface area contributed by atoms with Crippen molar-refractivity contribution in [1.82, 2.24) is 19.7 Å². The molecule has 4 atom stereocenters. The number of hydrogen-bond donors (Lipinski definition) is 1. The molecule has 2 amide bonds. The SMILES string of the molecule is CC[C@H](OC)C12CC(C[C@@H](C)C1)N2C(=O)Nc1cc(-c2ncn(C)n2)c(C(F)(F)F)cc1F. The molecule has 2 unspecified atom stereocenters. The fourth-order valence-corrected chi connectivity index (χ4v) is 5.65. The molecule has 0 radical (unpaired) electrons. The number of alkyl halides is 3. The lowest BCUT2D eigenvalue weighted by Crippen LogP contribution is -2.76. The first kappa shape index (κ1) is 23.5. The Morgan fingerprint density at radius 1 is 1.36 bits per heavy atom. The summed E-state index contributed by atoms with van der Waals surface area (Å²) in [5, 5.41) is 6.43. The minimum Gasteiger partial charge on any atom is -0.379 e. The molecule has 1 saturated heterocycles. The lowest BCUT2D eigenvalue weighted by molar-refractivity contribution is -0.162. The Bertz CT molecular complexity index is 1050. The first-order valence-corrected chi connectivity index (χ1v) is 10.9. The van der Waals surface area contributed by atoms with Crippen molar-refractivity contribution < 1.29 is 27.1 Å². The van der Waals surface area contributed by atoms with Crippen LogP contribution in [-0.2, 0) is 18.0 Å². The Morgan fingerprint density at radius 2 is 2.09 bits per heavy atom. The van der Waals surface area contributed by atoms with Crippen molar-refractivity contribution in [1.29, 1.82) is 0 Å². The number of ether oxygens (including phenoxy) is 1. The van der Waals surface area contributed by atoms with Gasteiger partial charge in [-0.15, -0.1) is 0 Å². The normalized spacial score (nSPS) is 25.5. The maximum absolute atomic E-state index is 14.8. The zero-order valence-electron chi connectivity index (χ0n) is 18.9. The number of nitrogens with one attached hydrogen (secondary N) is 1. The number of carbonyl (C=O) groups excluding carboxylic acids is 1. The molecule has 7 nitrogen and oxygen atoms in total. The van der Waals surface area contributed by atoms with Gasteiger partial charge in [0.15, 0.2) is 5.82 Å². The van der Waals surface area contributed by atoms with E-state index in [2.05, 4.69) is 22.3 Å². The maximum atomic E-state index is 14.8. The summed E-state index contributed by atoms with van der Waals surface area (Å²) in [4.78, 5) is 18.8. The molecular formula is C22H27F4N5O2. The second kappa shape index (κ2) is 8.27. The van der Waals surface area contributed by atoms with Crippen molar-refractivity contribution in [2.24, 2.45) is 13.0 Å². The minimum absolute atomic E-state index is 0.0209. The number of carbonyl (C=O) groups is 1. The standard InChI is InChI=1S/C22H27F4N5O2/c1-5-18(33-4)21-9-12(2)6-13(10-21)31(21)20(32)28-17-7-14(19-27-11-30(3)29-19)15(8-16(17)23)22(24,25)26/h7-8,11-13,18H,5-6,9-10H2,1-4H3,(H,28,32)/t12-,13?,18+,21?/m1/s1. The van der Waals surface area contributed by atoms with E-state index in [-0.39, 0.29) is 23.7 Å². The second-order valence-corrected chi connectivity index (χ2v) is 9.06. The number of benzene rings is 1. The van der Waals surface area contributed by atoms with Crippen LogP contribution in [0.2, 0.25) is 0 Å². The molecule has 1 aliphatic heterocycles. The average Bonchev–Trinajstić information content (AvgIpc) is 3.15. The molecule has 2 bridgehead atoms. The van der Waals surface area contributed by atoms with Gasteiger partial charge in [-0.25, -0.2) is 14.2 Å². The lowest BCUT2D eigenvalue weighted by Gasteiger charge is -2.65. The minimum atomic E-state index is -4.82. The van der Waals surface area contributed by atoms with Gasteiger partial charge in [-0.1, -0.05) is 13.8 Å². The van der Waals surface area contributed by atoms with Crippen LogP contribution in [0.3, 0.4) is 0 Å². The van der Waals surface area contributed by atoms with Crippen LogP contribution < -0.4 is 5.32 Å². The van der Waals surface area contributed by atoms with Crippen LogP contribution in [0.4, 0.5) is 28.0 Å². The number of anilines is 1. The predicted octanol–water partition coefficient (Wildman–Crippen LogP) is 4.84. The Labute approximate surface area is 189 Å². The molecule has 4 rings (SSSR count). The van der Waals surface area contributed by atoms with Gasteiger partial charge in [0.05, 0.1) is 22.9 Å². The number of fused-ring (bicyclic) bond motifs is 2. The highest BCUT2D eigenvalue weighted by molar-refractivity contribution is 5.92. The van der Waals surface area contributed by atoms with Crippen LogP contribution in [0.1, 0.15) is 45.1 Å². The molecule has 2 heterocycles. The van der Waals surface area contributed by atoms with Crippen LogP contribution >= 0.6 is 0 Å². The Morgan fingerprint density at radius 3 is 2.67 bits per heavy atom. The number of piperidine rings is 1. The summed E-state index contributed by atoms with van der Waals surface area (Å²) >= 11 is 0. The summed E-state index contributed by atoms with van der Waals surface area (Å²) in [5.74, 6) is -0.985. The highest BCUT2D eigenvalue weighted by Crippen LogP contribution is 2.53. The molecule has 180 valence electrons. The summed E-state index contributed by atoms with van der Waals surface area (Å²) in [6.45, 7) is 4.10. The zero-order chi connectivity index (χ0) is 24.1. The number of aryl methyl sites for hydroxylation is 1. The van der Waals surface area contributed by atoms with Crippen LogP contribution in [0.25, 0.3) is 11.4 Å². The number of hydrogen-bond acceptors (Lipinski definition) is 4. The monoisotopic (exact) mass is 469 g/mol. The fourth-order valence-electron chi connectivity index (χ4n) is 5.65. The molecule has 0 spiro atoms. The molecule has 1 aromatic heterocycles. The summed E-state index contributed by atoms with van der Waals surface area (Å²) in [6.07, 6.45) is -0.707. The highest BCUT2D eigenvalue weighted by atomic mass is 19.4. The number of halogens is 4. The summed E-state index contributed by atoms with van der Waals surface area (Å²) < 4.78 is 62.4. The number of urea groups is 1. The van der Waals surface area contributed by atoms with E-state index in [0.717, 1.165) is 25.3 Å². The molecule has 2 aromatic rings. The van der Waals surface area contributed by atoms with Crippen molar-refractivity contribution >= 4 is 11.7 Å². The quantitative estimate of drug-likeness (QED) is 0.636. The van der Waals surface area contributed by atoms with Gasteiger partial charge in [0.1, 0.15) is 12.1 Å². The van der Waals surface area contributed by atoms with Crippen LogP contribution in [0, 0.1) is 11.7 Å². The number of nitrogens with zero attached hydrogens (tertiary/aromatic N) is 4. The van der Waals surface area contributed by atoms with Gasteiger partial charge in [0.2, 0.25) is 0 Å². The van der Waals surface area contributed by atoms with Gasteiger partial charge >= 0.3 is 12.2 Å². The number of amides is 2. The third-order valence-corrected chi connectivity index (χ3v) is 6.78. The van der Waals surface area contributed by atoms with Crippen molar-refractivity contribution in [2.45, 2.75) is 63.4 Å². The summed E-state index contributed by atoms with van der Waals surface area (Å²) in [6, 6.07) is 0.754. The van der Waals surface area contributed by atoms with Crippen molar-refractivity contribution in [2.75, 3.05) is 12.4 Å². The molecule has 2 fully saturated rings. The summed E-state index contributed by atoms with van der Waals surface area (Å²) in [7, 11) is 3.12. The molecular weight excluding hydrogens is 442 g/mol. The maximum Gasteiger partial charge on any atom is 0.417 e. The third kappa shape index (κ3) is 3.96. The highest BCUT2D eigenvalue weighted by Gasteiger charge is 2.61. The first-order valence-electron chi connectivity index (χ1n) is 10.9.